The summed E-state index contributed by atoms with van der Waals surface area (Å²) < 4.78 is 0. The quantitative estimate of drug-likeness (QED) is 0.0946. The monoisotopic (exact) mass is 924 g/mol. The lowest BCUT2D eigenvalue weighted by molar-refractivity contribution is 1.27. The molecule has 10 aromatic rings. The van der Waals surface area contributed by atoms with Gasteiger partial charge in [-0.1, -0.05) is 242 Å². The van der Waals surface area contributed by atoms with Gasteiger partial charge in [-0.3, -0.25) is 0 Å². The Labute approximate surface area is 425 Å². The maximum absolute atomic E-state index is 2.32. The molecule has 0 unspecified atom stereocenters. The summed E-state index contributed by atoms with van der Waals surface area (Å²) >= 11 is 0. The predicted octanol–water partition coefficient (Wildman–Crippen LogP) is 19.6. The lowest BCUT2D eigenvalue weighted by Crippen LogP contribution is -2.10. The molecule has 0 atom stereocenters. The lowest BCUT2D eigenvalue weighted by atomic mass is 10.0. The second kappa shape index (κ2) is 22.5. The van der Waals surface area contributed by atoms with E-state index in [-0.39, 0.29) is 0 Å². The minimum Gasteiger partial charge on any atom is -0.311 e. The van der Waals surface area contributed by atoms with Crippen molar-refractivity contribution >= 4 is 82.7 Å². The van der Waals surface area contributed by atoms with E-state index in [1.165, 1.54) is 33.4 Å². The summed E-state index contributed by atoms with van der Waals surface area (Å²) in [7, 11) is 0. The van der Waals surface area contributed by atoms with Crippen LogP contribution in [0.5, 0.6) is 0 Å². The van der Waals surface area contributed by atoms with Gasteiger partial charge in [-0.05, 0) is 142 Å². The summed E-state index contributed by atoms with van der Waals surface area (Å²) in [5, 5.41) is 0. The smallest absolute Gasteiger partial charge is 0.0462 e. The second-order valence-corrected chi connectivity index (χ2v) is 18.1. The highest BCUT2D eigenvalue weighted by Crippen LogP contribution is 2.38. The van der Waals surface area contributed by atoms with Gasteiger partial charge < -0.3 is 9.80 Å². The molecule has 0 amide bonds. The van der Waals surface area contributed by atoms with E-state index in [9.17, 15) is 0 Å². The normalized spacial score (nSPS) is 11.5. The van der Waals surface area contributed by atoms with Gasteiger partial charge in [0.2, 0.25) is 0 Å². The van der Waals surface area contributed by atoms with Gasteiger partial charge in [-0.2, -0.15) is 0 Å². The van der Waals surface area contributed by atoms with Crippen molar-refractivity contribution in [2.45, 2.75) is 13.8 Å². The summed E-state index contributed by atoms with van der Waals surface area (Å²) in [6.45, 7) is 4.26. The molecule has 0 bridgehead atoms. The Morgan fingerprint density at radius 3 is 0.611 bits per heavy atom. The van der Waals surface area contributed by atoms with Crippen LogP contribution in [-0.2, 0) is 0 Å². The van der Waals surface area contributed by atoms with Crippen molar-refractivity contribution in [3.63, 3.8) is 0 Å². The van der Waals surface area contributed by atoms with Crippen LogP contribution in [0.25, 0.3) is 59.7 Å². The van der Waals surface area contributed by atoms with Gasteiger partial charge in [0.1, 0.15) is 0 Å². The molecule has 346 valence electrons. The number of benzene rings is 10. The fourth-order valence-electron chi connectivity index (χ4n) is 8.69. The van der Waals surface area contributed by atoms with Crippen molar-refractivity contribution in [2.24, 2.45) is 0 Å². The topological polar surface area (TPSA) is 6.48 Å². The van der Waals surface area contributed by atoms with Crippen molar-refractivity contribution in [3.8, 4) is 11.1 Å². The molecule has 0 radical (unpaired) electrons. The fraction of sp³-hybridized carbons (Fsp3) is 0.0286. The molecule has 0 aliphatic rings. The largest absolute Gasteiger partial charge is 0.311 e. The van der Waals surface area contributed by atoms with Crippen molar-refractivity contribution < 1.29 is 0 Å². The molecule has 0 spiro atoms. The number of nitrogens with zero attached hydrogens (tertiary/aromatic N) is 2. The Morgan fingerprint density at radius 1 is 0.194 bits per heavy atom. The molecular weight excluding hydrogens is 869 g/mol. The third-order valence-electron chi connectivity index (χ3n) is 12.8. The molecule has 0 saturated carbocycles. The SMILES string of the molecule is Cc1ccc(N(c2ccc(/C=C/c3ccc(/C=C/c4ccccc4)cc3)cc2)c2ccc(-c3ccc(N(c4ccc(C)cc4)c4ccc(/C=C/c5ccc(/C=C/c6ccccc6)cc5)cc4)cc3)cc2)cc1. The van der Waals surface area contributed by atoms with E-state index in [1.54, 1.807) is 0 Å². The Morgan fingerprint density at radius 2 is 0.375 bits per heavy atom. The first-order valence-electron chi connectivity index (χ1n) is 24.6. The van der Waals surface area contributed by atoms with Crippen LogP contribution in [0.4, 0.5) is 34.1 Å². The third kappa shape index (κ3) is 11.9. The number of hydrogen-bond acceptors (Lipinski definition) is 2. The number of hydrogen-bond donors (Lipinski definition) is 0. The lowest BCUT2D eigenvalue weighted by Gasteiger charge is -2.26. The molecule has 72 heavy (non-hydrogen) atoms. The summed E-state index contributed by atoms with van der Waals surface area (Å²) in [6, 6.07) is 91.0. The minimum absolute atomic E-state index is 1.10. The van der Waals surface area contributed by atoms with E-state index in [0.29, 0.717) is 0 Å². The van der Waals surface area contributed by atoms with E-state index >= 15 is 0 Å². The van der Waals surface area contributed by atoms with Gasteiger partial charge in [0.15, 0.2) is 0 Å². The van der Waals surface area contributed by atoms with Gasteiger partial charge in [-0.25, -0.2) is 0 Å². The molecule has 0 fully saturated rings. The first-order chi connectivity index (χ1) is 35.5. The van der Waals surface area contributed by atoms with Crippen LogP contribution in [0.15, 0.2) is 255 Å². The fourth-order valence-corrected chi connectivity index (χ4v) is 8.69. The van der Waals surface area contributed by atoms with Crippen LogP contribution < -0.4 is 9.80 Å². The van der Waals surface area contributed by atoms with Crippen LogP contribution in [0, 0.1) is 13.8 Å². The van der Waals surface area contributed by atoms with E-state index < -0.39 is 0 Å². The van der Waals surface area contributed by atoms with Crippen LogP contribution >= 0.6 is 0 Å². The van der Waals surface area contributed by atoms with E-state index in [2.05, 4.69) is 315 Å². The van der Waals surface area contributed by atoms with E-state index in [0.717, 1.165) is 67.5 Å². The van der Waals surface area contributed by atoms with Crippen LogP contribution in [0.1, 0.15) is 55.6 Å². The summed E-state index contributed by atoms with van der Waals surface area (Å²) in [5.41, 5.74) is 20.7. The molecule has 0 N–H and O–H groups in total. The van der Waals surface area contributed by atoms with E-state index in [4.69, 9.17) is 0 Å². The molecule has 0 aliphatic carbocycles. The highest BCUT2D eigenvalue weighted by molar-refractivity contribution is 5.83. The Balaban J connectivity index is 0.834. The summed E-state index contributed by atoms with van der Waals surface area (Å²) in [4.78, 5) is 4.65. The molecule has 2 heteroatoms. The molecule has 10 aromatic carbocycles. The minimum atomic E-state index is 1.10. The zero-order valence-electron chi connectivity index (χ0n) is 40.8. The Kier molecular flexibility index (Phi) is 14.5. The van der Waals surface area contributed by atoms with Crippen LogP contribution in [0.2, 0.25) is 0 Å². The van der Waals surface area contributed by atoms with Crippen molar-refractivity contribution in [3.05, 3.63) is 310 Å². The summed E-state index contributed by atoms with van der Waals surface area (Å²) in [5.74, 6) is 0. The zero-order valence-corrected chi connectivity index (χ0v) is 40.8. The van der Waals surface area contributed by atoms with Gasteiger partial charge in [0.05, 0.1) is 0 Å². The van der Waals surface area contributed by atoms with Crippen molar-refractivity contribution in [1.29, 1.82) is 0 Å². The highest BCUT2D eigenvalue weighted by atomic mass is 15.1. The molecule has 0 saturated heterocycles. The Bertz CT molecular complexity index is 3180. The average Bonchev–Trinajstić information content (AvgIpc) is 3.44. The van der Waals surface area contributed by atoms with Gasteiger partial charge in [-0.15, -0.1) is 0 Å². The zero-order chi connectivity index (χ0) is 48.9. The summed E-state index contributed by atoms with van der Waals surface area (Å²) in [6.07, 6.45) is 17.3. The molecule has 0 aliphatic heterocycles. The Hall–Kier alpha value is -9.24. The third-order valence-corrected chi connectivity index (χ3v) is 12.8. The first-order valence-corrected chi connectivity index (χ1v) is 24.6. The average molecular weight is 925 g/mol. The first kappa shape index (κ1) is 46.5. The number of aryl methyl sites for hydroxylation is 2. The molecule has 10 rings (SSSR count). The molecular formula is C70H56N2. The molecule has 2 nitrogen and oxygen atoms in total. The van der Waals surface area contributed by atoms with E-state index in [1.807, 2.05) is 12.1 Å². The standard InChI is InChI=1S/C70H56N2/c1-53-13-41-65(42-14-53)71(67-45-33-61(34-46-67)31-29-59-25-21-57(22-26-59)19-17-55-9-5-3-6-10-55)69-49-37-63(38-50-69)64-39-51-70(52-40-64)72(66-43-15-54(2)16-44-66)68-47-35-62(36-48-68)32-30-60-27-23-58(24-28-60)20-18-56-11-7-4-8-12-56/h3-52H,1-2H3/b19-17+,20-18+,31-29+,32-30+. The number of rotatable bonds is 15. The maximum Gasteiger partial charge on any atom is 0.0462 e. The van der Waals surface area contributed by atoms with Gasteiger partial charge in [0.25, 0.3) is 0 Å². The van der Waals surface area contributed by atoms with Crippen molar-refractivity contribution in [2.75, 3.05) is 9.80 Å². The predicted molar refractivity (Wildman–Crippen MR) is 312 cm³/mol. The molecule has 0 aromatic heterocycles. The number of anilines is 6. The van der Waals surface area contributed by atoms with Crippen LogP contribution in [-0.4, -0.2) is 0 Å². The van der Waals surface area contributed by atoms with Gasteiger partial charge >= 0.3 is 0 Å². The second-order valence-electron chi connectivity index (χ2n) is 18.1. The van der Waals surface area contributed by atoms with Gasteiger partial charge in [0, 0.05) is 34.1 Å². The van der Waals surface area contributed by atoms with Crippen molar-refractivity contribution in [1.82, 2.24) is 0 Å². The molecule has 0 heterocycles. The highest BCUT2D eigenvalue weighted by Gasteiger charge is 2.15. The maximum atomic E-state index is 2.32. The van der Waals surface area contributed by atoms with Crippen LogP contribution in [0.3, 0.4) is 0 Å².